The molecule has 1 heterocycles. The van der Waals surface area contributed by atoms with Gasteiger partial charge in [0.05, 0.1) is 10.5 Å². The molecule has 0 aliphatic carbocycles. The summed E-state index contributed by atoms with van der Waals surface area (Å²) >= 11 is 3.33. The van der Waals surface area contributed by atoms with Gasteiger partial charge in [-0.2, -0.15) is 0 Å². The Bertz CT molecular complexity index is 553. The largest absolute Gasteiger partial charge is 0.334 e. The van der Waals surface area contributed by atoms with Crippen LogP contribution in [0.15, 0.2) is 35.1 Å². The van der Waals surface area contributed by atoms with E-state index in [0.29, 0.717) is 4.47 Å². The van der Waals surface area contributed by atoms with Gasteiger partial charge in [-0.1, -0.05) is 19.1 Å². The quantitative estimate of drug-likeness (QED) is 0.911. The third kappa shape index (κ3) is 2.87. The van der Waals surface area contributed by atoms with E-state index in [1.54, 1.807) is 12.3 Å². The zero-order valence-corrected chi connectivity index (χ0v) is 12.6. The molecule has 1 N–H and O–H groups in total. The Morgan fingerprint density at radius 1 is 1.42 bits per heavy atom. The van der Waals surface area contributed by atoms with Gasteiger partial charge in [-0.3, -0.25) is 0 Å². The van der Waals surface area contributed by atoms with Gasteiger partial charge in [-0.05, 0) is 41.0 Å². The maximum atomic E-state index is 13.7. The molecule has 0 spiro atoms. The van der Waals surface area contributed by atoms with Crippen LogP contribution in [0.2, 0.25) is 0 Å². The van der Waals surface area contributed by atoms with Gasteiger partial charge in [-0.15, -0.1) is 0 Å². The summed E-state index contributed by atoms with van der Waals surface area (Å²) < 4.78 is 16.3. The Morgan fingerprint density at radius 2 is 2.21 bits per heavy atom. The van der Waals surface area contributed by atoms with Crippen LogP contribution in [0.1, 0.15) is 31.3 Å². The van der Waals surface area contributed by atoms with E-state index in [4.69, 9.17) is 0 Å². The molecule has 0 saturated carbocycles. The molecule has 0 amide bonds. The van der Waals surface area contributed by atoms with Crippen LogP contribution in [-0.2, 0) is 6.54 Å². The molecule has 0 aliphatic heterocycles. The van der Waals surface area contributed by atoms with Crippen LogP contribution < -0.4 is 5.32 Å². The Balaban J connectivity index is 2.48. The highest BCUT2D eigenvalue weighted by atomic mass is 79.9. The van der Waals surface area contributed by atoms with Gasteiger partial charge in [0.25, 0.3) is 0 Å². The fraction of sp³-hybridized carbons (Fsp3) is 0.357. The van der Waals surface area contributed by atoms with Gasteiger partial charge in [0, 0.05) is 18.9 Å². The first-order chi connectivity index (χ1) is 9.19. The number of imidazole rings is 1. The first-order valence-corrected chi connectivity index (χ1v) is 7.16. The number of rotatable bonds is 5. The van der Waals surface area contributed by atoms with E-state index in [1.165, 1.54) is 6.07 Å². The molecule has 0 saturated heterocycles. The van der Waals surface area contributed by atoms with Crippen molar-refractivity contribution in [2.24, 2.45) is 0 Å². The zero-order chi connectivity index (χ0) is 13.8. The smallest absolute Gasteiger partial charge is 0.137 e. The van der Waals surface area contributed by atoms with Crippen molar-refractivity contribution in [3.63, 3.8) is 0 Å². The number of hydrogen-bond donors (Lipinski definition) is 1. The molecular weight excluding hydrogens is 309 g/mol. The van der Waals surface area contributed by atoms with Crippen molar-refractivity contribution in [1.82, 2.24) is 14.9 Å². The summed E-state index contributed by atoms with van der Waals surface area (Å²) in [4.78, 5) is 4.41. The number of nitrogens with one attached hydrogen (secondary N) is 1. The molecule has 0 fully saturated rings. The second kappa shape index (κ2) is 6.30. The first kappa shape index (κ1) is 14.2. The molecular formula is C14H17BrFN3. The maximum Gasteiger partial charge on any atom is 0.137 e. The second-order valence-corrected chi connectivity index (χ2v) is 5.00. The van der Waals surface area contributed by atoms with Crippen LogP contribution in [0.25, 0.3) is 0 Å². The number of hydrogen-bond acceptors (Lipinski definition) is 2. The monoisotopic (exact) mass is 325 g/mol. The molecule has 1 unspecified atom stereocenters. The van der Waals surface area contributed by atoms with Gasteiger partial charge in [-0.25, -0.2) is 9.37 Å². The van der Waals surface area contributed by atoms with E-state index >= 15 is 0 Å². The average Bonchev–Trinajstić information content (AvgIpc) is 2.88. The molecule has 2 rings (SSSR count). The summed E-state index contributed by atoms with van der Waals surface area (Å²) in [5.41, 5.74) is 0.864. The van der Waals surface area contributed by atoms with Gasteiger partial charge < -0.3 is 9.88 Å². The summed E-state index contributed by atoms with van der Waals surface area (Å²) in [6, 6.07) is 4.96. The molecule has 5 heteroatoms. The van der Waals surface area contributed by atoms with Crippen molar-refractivity contribution in [1.29, 1.82) is 0 Å². The molecule has 1 aromatic heterocycles. The molecule has 0 bridgehead atoms. The summed E-state index contributed by atoms with van der Waals surface area (Å²) in [5, 5.41) is 3.36. The third-order valence-electron chi connectivity index (χ3n) is 3.05. The zero-order valence-electron chi connectivity index (χ0n) is 11.0. The lowest BCUT2D eigenvalue weighted by Gasteiger charge is -2.20. The summed E-state index contributed by atoms with van der Waals surface area (Å²) in [7, 11) is 0. The highest BCUT2D eigenvalue weighted by Gasteiger charge is 2.21. The highest BCUT2D eigenvalue weighted by Crippen LogP contribution is 2.29. The van der Waals surface area contributed by atoms with E-state index in [9.17, 15) is 4.39 Å². The molecule has 0 radical (unpaired) electrons. The second-order valence-electron chi connectivity index (χ2n) is 4.21. The lowest BCUT2D eigenvalue weighted by Crippen LogP contribution is -2.25. The predicted molar refractivity (Wildman–Crippen MR) is 77.5 cm³/mol. The molecule has 0 aliphatic rings. The fourth-order valence-electron chi connectivity index (χ4n) is 2.14. The van der Waals surface area contributed by atoms with Gasteiger partial charge in [0.1, 0.15) is 11.6 Å². The fourth-order valence-corrected chi connectivity index (χ4v) is 2.63. The maximum absolute atomic E-state index is 13.7. The van der Waals surface area contributed by atoms with Gasteiger partial charge >= 0.3 is 0 Å². The minimum absolute atomic E-state index is 0.120. The molecule has 19 heavy (non-hydrogen) atoms. The first-order valence-electron chi connectivity index (χ1n) is 6.37. The average molecular weight is 326 g/mol. The van der Waals surface area contributed by atoms with Crippen LogP contribution in [0.3, 0.4) is 0 Å². The van der Waals surface area contributed by atoms with Crippen molar-refractivity contribution >= 4 is 15.9 Å². The third-order valence-corrected chi connectivity index (χ3v) is 3.88. The van der Waals surface area contributed by atoms with Gasteiger partial charge in [0.15, 0.2) is 0 Å². The SMILES string of the molecule is CCNC(c1cccc(F)c1Br)c1nccn1CC. The summed E-state index contributed by atoms with van der Waals surface area (Å²) in [5.74, 6) is 0.644. The number of benzene rings is 1. The lowest BCUT2D eigenvalue weighted by atomic mass is 10.1. The van der Waals surface area contributed by atoms with Gasteiger partial charge in [0.2, 0.25) is 0 Å². The Hall–Kier alpha value is -1.20. The topological polar surface area (TPSA) is 29.9 Å². The van der Waals surface area contributed by atoms with Crippen molar-refractivity contribution in [2.75, 3.05) is 6.54 Å². The predicted octanol–water partition coefficient (Wildman–Crippen LogP) is 3.50. The van der Waals surface area contributed by atoms with Crippen molar-refractivity contribution in [2.45, 2.75) is 26.4 Å². The minimum Gasteiger partial charge on any atom is -0.334 e. The molecule has 1 aromatic carbocycles. The van der Waals surface area contributed by atoms with Crippen molar-refractivity contribution in [3.8, 4) is 0 Å². The summed E-state index contributed by atoms with van der Waals surface area (Å²) in [6.07, 6.45) is 3.71. The molecule has 2 aromatic rings. The van der Waals surface area contributed by atoms with Crippen molar-refractivity contribution in [3.05, 3.63) is 52.3 Å². The molecule has 1 atom stereocenters. The van der Waals surface area contributed by atoms with Crippen LogP contribution >= 0.6 is 15.9 Å². The number of halogens is 2. The Morgan fingerprint density at radius 3 is 2.89 bits per heavy atom. The van der Waals surface area contributed by atoms with Crippen LogP contribution in [0, 0.1) is 5.82 Å². The summed E-state index contributed by atoms with van der Waals surface area (Å²) in [6.45, 7) is 5.71. The van der Waals surface area contributed by atoms with E-state index in [2.05, 4.69) is 37.7 Å². The van der Waals surface area contributed by atoms with Crippen molar-refractivity contribution < 1.29 is 4.39 Å². The molecule has 102 valence electrons. The van der Waals surface area contributed by atoms with E-state index in [0.717, 1.165) is 24.5 Å². The minimum atomic E-state index is -0.255. The number of aryl methyl sites for hydroxylation is 1. The lowest BCUT2D eigenvalue weighted by molar-refractivity contribution is 0.549. The van der Waals surface area contributed by atoms with Crippen LogP contribution in [-0.4, -0.2) is 16.1 Å². The Kier molecular flexibility index (Phi) is 4.71. The standard InChI is InChI=1S/C14H17BrFN3/c1-3-17-13(14-18-8-9-19(14)4-2)10-6-5-7-11(16)12(10)15/h5-9,13,17H,3-4H2,1-2H3. The van der Waals surface area contributed by atoms with Crippen LogP contribution in [0.4, 0.5) is 4.39 Å². The number of nitrogens with zero attached hydrogens (tertiary/aromatic N) is 2. The van der Waals surface area contributed by atoms with E-state index < -0.39 is 0 Å². The highest BCUT2D eigenvalue weighted by molar-refractivity contribution is 9.10. The van der Waals surface area contributed by atoms with E-state index in [-0.39, 0.29) is 11.9 Å². The van der Waals surface area contributed by atoms with E-state index in [1.807, 2.05) is 19.2 Å². The molecule has 3 nitrogen and oxygen atoms in total. The van der Waals surface area contributed by atoms with Crippen LogP contribution in [0.5, 0.6) is 0 Å². The normalized spacial score (nSPS) is 12.6. The Labute approximate surface area is 121 Å². The number of aromatic nitrogens is 2.